The van der Waals surface area contributed by atoms with Crippen LogP contribution in [0, 0.1) is 24.2 Å². The Hall–Kier alpha value is -2.22. The molecule has 19 heavy (non-hydrogen) atoms. The summed E-state index contributed by atoms with van der Waals surface area (Å²) in [4.78, 5) is 13.1. The molecule has 0 fully saturated rings. The summed E-state index contributed by atoms with van der Waals surface area (Å²) in [6.07, 6.45) is 0. The lowest BCUT2D eigenvalue weighted by Gasteiger charge is -2.25. The average Bonchev–Trinajstić information content (AvgIpc) is 2.38. The molecule has 1 atom stereocenters. The number of nitrogen functional groups attached to an aromatic ring is 1. The summed E-state index contributed by atoms with van der Waals surface area (Å²) in [5.41, 5.74) is 7.69. The second kappa shape index (κ2) is 6.10. The summed E-state index contributed by atoms with van der Waals surface area (Å²) >= 11 is 0. The van der Waals surface area contributed by atoms with Gasteiger partial charge in [0.15, 0.2) is 0 Å². The highest BCUT2D eigenvalue weighted by Gasteiger charge is 2.15. The number of aromatic carboxylic acids is 1. The maximum Gasteiger partial charge on any atom is 0.337 e. The maximum absolute atomic E-state index is 11.2. The lowest BCUT2D eigenvalue weighted by Crippen LogP contribution is -2.28. The standard InChI is InChI=1S/C14H19N3O2/c1-4-17(8-9(2)7-15)11-5-10(3)13(16)12(6-11)14(18)19/h5-6,9H,4,8,16H2,1-3H3,(H,18,19). The molecule has 0 amide bonds. The van der Waals surface area contributed by atoms with Crippen molar-refractivity contribution in [1.82, 2.24) is 0 Å². The molecule has 0 radical (unpaired) electrons. The van der Waals surface area contributed by atoms with Crippen LogP contribution in [0.2, 0.25) is 0 Å². The summed E-state index contributed by atoms with van der Waals surface area (Å²) < 4.78 is 0. The molecule has 1 rings (SSSR count). The first-order chi connectivity index (χ1) is 8.90. The van der Waals surface area contributed by atoms with Crippen molar-refractivity contribution in [3.63, 3.8) is 0 Å². The van der Waals surface area contributed by atoms with Crippen molar-refractivity contribution in [2.24, 2.45) is 5.92 Å². The number of hydrogen-bond donors (Lipinski definition) is 2. The van der Waals surface area contributed by atoms with Gasteiger partial charge in [0.05, 0.1) is 17.6 Å². The molecule has 5 heteroatoms. The van der Waals surface area contributed by atoms with E-state index >= 15 is 0 Å². The number of carboxylic acid groups (broad SMARTS) is 1. The molecule has 3 N–H and O–H groups in total. The van der Waals surface area contributed by atoms with Crippen molar-refractivity contribution in [2.45, 2.75) is 20.8 Å². The number of hydrogen-bond acceptors (Lipinski definition) is 4. The Kier molecular flexibility index (Phi) is 4.76. The molecule has 5 nitrogen and oxygen atoms in total. The van der Waals surface area contributed by atoms with E-state index in [1.54, 1.807) is 13.0 Å². The molecule has 102 valence electrons. The van der Waals surface area contributed by atoms with Crippen molar-refractivity contribution >= 4 is 17.3 Å². The molecule has 1 unspecified atom stereocenters. The summed E-state index contributed by atoms with van der Waals surface area (Å²) in [6, 6.07) is 5.60. The van der Waals surface area contributed by atoms with Gasteiger partial charge in [0.2, 0.25) is 0 Å². The molecule has 0 aliphatic rings. The second-order valence-corrected chi connectivity index (χ2v) is 4.60. The summed E-state index contributed by atoms with van der Waals surface area (Å²) in [5, 5.41) is 18.0. The van der Waals surface area contributed by atoms with Gasteiger partial charge in [0, 0.05) is 24.5 Å². The van der Waals surface area contributed by atoms with E-state index in [4.69, 9.17) is 16.1 Å². The number of rotatable bonds is 5. The molecule has 0 bridgehead atoms. The lowest BCUT2D eigenvalue weighted by atomic mass is 10.1. The van der Waals surface area contributed by atoms with Crippen LogP contribution in [-0.4, -0.2) is 24.2 Å². The minimum Gasteiger partial charge on any atom is -0.478 e. The van der Waals surface area contributed by atoms with E-state index in [0.717, 1.165) is 11.3 Å². The normalized spacial score (nSPS) is 11.7. The van der Waals surface area contributed by atoms with Gasteiger partial charge in [-0.15, -0.1) is 0 Å². The van der Waals surface area contributed by atoms with E-state index in [-0.39, 0.29) is 11.5 Å². The monoisotopic (exact) mass is 261 g/mol. The fourth-order valence-corrected chi connectivity index (χ4v) is 1.93. The van der Waals surface area contributed by atoms with E-state index in [2.05, 4.69) is 6.07 Å². The Morgan fingerprint density at radius 1 is 1.58 bits per heavy atom. The molecule has 0 aliphatic heterocycles. The quantitative estimate of drug-likeness (QED) is 0.793. The number of anilines is 2. The first-order valence-corrected chi connectivity index (χ1v) is 6.18. The zero-order valence-corrected chi connectivity index (χ0v) is 11.5. The minimum absolute atomic E-state index is 0.109. The van der Waals surface area contributed by atoms with Crippen LogP contribution < -0.4 is 10.6 Å². The first kappa shape index (κ1) is 14.8. The van der Waals surface area contributed by atoms with E-state index in [1.807, 2.05) is 24.8 Å². The molecule has 0 aromatic heterocycles. The van der Waals surface area contributed by atoms with Crippen LogP contribution in [-0.2, 0) is 0 Å². The van der Waals surface area contributed by atoms with Crippen molar-refractivity contribution in [1.29, 1.82) is 5.26 Å². The molecule has 1 aromatic carbocycles. The number of carboxylic acids is 1. The third kappa shape index (κ3) is 3.38. The molecule has 0 saturated heterocycles. The zero-order valence-electron chi connectivity index (χ0n) is 11.5. The number of nitrogens with two attached hydrogens (primary N) is 1. The van der Waals surface area contributed by atoms with Gasteiger partial charge < -0.3 is 15.7 Å². The van der Waals surface area contributed by atoms with Gasteiger partial charge >= 0.3 is 5.97 Å². The highest BCUT2D eigenvalue weighted by molar-refractivity contribution is 5.95. The highest BCUT2D eigenvalue weighted by Crippen LogP contribution is 2.26. The smallest absolute Gasteiger partial charge is 0.337 e. The molecule has 0 heterocycles. The van der Waals surface area contributed by atoms with Crippen molar-refractivity contribution in [3.8, 4) is 6.07 Å². The summed E-state index contributed by atoms with van der Waals surface area (Å²) in [6.45, 7) is 6.86. The molecule has 1 aromatic rings. The van der Waals surface area contributed by atoms with Gasteiger partial charge in [-0.2, -0.15) is 5.26 Å². The Morgan fingerprint density at radius 3 is 2.68 bits per heavy atom. The zero-order chi connectivity index (χ0) is 14.6. The van der Waals surface area contributed by atoms with Crippen LogP contribution in [0.3, 0.4) is 0 Å². The number of aryl methyl sites for hydroxylation is 1. The predicted molar refractivity (Wildman–Crippen MR) is 75.2 cm³/mol. The van der Waals surface area contributed by atoms with Gasteiger partial charge in [0.25, 0.3) is 0 Å². The van der Waals surface area contributed by atoms with Crippen LogP contribution >= 0.6 is 0 Å². The van der Waals surface area contributed by atoms with Gasteiger partial charge in [-0.1, -0.05) is 0 Å². The Bertz CT molecular complexity index is 520. The molecule has 0 aliphatic carbocycles. The number of benzene rings is 1. The van der Waals surface area contributed by atoms with Gasteiger partial charge in [-0.25, -0.2) is 4.79 Å². The van der Waals surface area contributed by atoms with E-state index < -0.39 is 5.97 Å². The van der Waals surface area contributed by atoms with Gasteiger partial charge in [-0.05, 0) is 38.5 Å². The first-order valence-electron chi connectivity index (χ1n) is 6.18. The summed E-state index contributed by atoms with van der Waals surface area (Å²) in [7, 11) is 0. The topological polar surface area (TPSA) is 90.4 Å². The van der Waals surface area contributed by atoms with Crippen LogP contribution in [0.4, 0.5) is 11.4 Å². The average molecular weight is 261 g/mol. The maximum atomic E-state index is 11.2. The second-order valence-electron chi connectivity index (χ2n) is 4.60. The minimum atomic E-state index is -1.04. The lowest BCUT2D eigenvalue weighted by molar-refractivity contribution is 0.0698. The molecular formula is C14H19N3O2. The molecule has 0 saturated carbocycles. The fourth-order valence-electron chi connectivity index (χ4n) is 1.93. The summed E-state index contributed by atoms with van der Waals surface area (Å²) in [5.74, 6) is -1.15. The van der Waals surface area contributed by atoms with Crippen LogP contribution in [0.1, 0.15) is 29.8 Å². The van der Waals surface area contributed by atoms with E-state index in [9.17, 15) is 4.79 Å². The third-order valence-electron chi connectivity index (χ3n) is 3.06. The van der Waals surface area contributed by atoms with Crippen molar-refractivity contribution < 1.29 is 9.90 Å². The highest BCUT2D eigenvalue weighted by atomic mass is 16.4. The Labute approximate surface area is 113 Å². The number of nitrogens with zero attached hydrogens (tertiary/aromatic N) is 2. The fraction of sp³-hybridized carbons (Fsp3) is 0.429. The predicted octanol–water partition coefficient (Wildman–Crippen LogP) is 2.26. The molecular weight excluding hydrogens is 242 g/mol. The van der Waals surface area contributed by atoms with E-state index in [0.29, 0.717) is 18.8 Å². The van der Waals surface area contributed by atoms with Crippen molar-refractivity contribution in [2.75, 3.05) is 23.7 Å². The number of nitriles is 1. The third-order valence-corrected chi connectivity index (χ3v) is 3.06. The van der Waals surface area contributed by atoms with Gasteiger partial charge in [-0.3, -0.25) is 0 Å². The Morgan fingerprint density at radius 2 is 2.21 bits per heavy atom. The van der Waals surface area contributed by atoms with Crippen LogP contribution in [0.5, 0.6) is 0 Å². The molecule has 0 spiro atoms. The van der Waals surface area contributed by atoms with E-state index in [1.165, 1.54) is 0 Å². The Balaban J connectivity index is 3.19. The van der Waals surface area contributed by atoms with Crippen molar-refractivity contribution in [3.05, 3.63) is 23.3 Å². The van der Waals surface area contributed by atoms with Crippen LogP contribution in [0.15, 0.2) is 12.1 Å². The SMILES string of the molecule is CCN(CC(C)C#N)c1cc(C)c(N)c(C(=O)O)c1. The van der Waals surface area contributed by atoms with Crippen LogP contribution in [0.25, 0.3) is 0 Å². The van der Waals surface area contributed by atoms with Gasteiger partial charge in [0.1, 0.15) is 0 Å². The number of carbonyl (C=O) groups is 1. The largest absolute Gasteiger partial charge is 0.478 e.